The zero-order valence-electron chi connectivity index (χ0n) is 13.8. The van der Waals surface area contributed by atoms with Crippen molar-refractivity contribution in [3.8, 4) is 0 Å². The van der Waals surface area contributed by atoms with Gasteiger partial charge >= 0.3 is 0 Å². The van der Waals surface area contributed by atoms with Gasteiger partial charge in [-0.15, -0.1) is 0 Å². The fourth-order valence-electron chi connectivity index (χ4n) is 3.04. The maximum atomic E-state index is 10.4. The largest absolute Gasteiger partial charge is 0.394 e. The molecule has 2 rings (SSSR count). The van der Waals surface area contributed by atoms with E-state index in [1.807, 2.05) is 0 Å². The molecule has 7 atom stereocenters. The van der Waals surface area contributed by atoms with E-state index in [4.69, 9.17) is 9.47 Å². The summed E-state index contributed by atoms with van der Waals surface area (Å²) >= 11 is 0. The van der Waals surface area contributed by atoms with Gasteiger partial charge in [0.25, 0.3) is 0 Å². The van der Waals surface area contributed by atoms with Gasteiger partial charge in [0.15, 0.2) is 6.29 Å². The van der Waals surface area contributed by atoms with Crippen LogP contribution < -0.4 is 0 Å². The minimum Gasteiger partial charge on any atom is -0.394 e. The molecule has 0 amide bonds. The van der Waals surface area contributed by atoms with Gasteiger partial charge < -0.3 is 35.0 Å². The summed E-state index contributed by atoms with van der Waals surface area (Å²) in [5, 5.41) is 49.3. The monoisotopic (exact) mass is 332 g/mol. The summed E-state index contributed by atoms with van der Waals surface area (Å²) in [4.78, 5) is 0. The molecule has 2 aliphatic rings. The summed E-state index contributed by atoms with van der Waals surface area (Å²) in [6, 6.07) is 0. The molecule has 134 valence electrons. The molecule has 0 aromatic heterocycles. The fraction of sp³-hybridized carbons (Fsp3) is 0.875. The van der Waals surface area contributed by atoms with E-state index < -0.39 is 49.0 Å². The summed E-state index contributed by atoms with van der Waals surface area (Å²) in [5.41, 5.74) is 0.166. The molecule has 1 heterocycles. The standard InChI is InChI=1S/C16H28O7/c1-8(2)9-4-5-16(3,11(18)6-9)23-15-14(21)13(20)12(19)10(7-17)22-15/h6,8,10-15,17-21H,4-5,7H2,1-3H3/t10?,11-,12+,13-,14?,15-,16-/m0/s1. The quantitative estimate of drug-likeness (QED) is 0.432. The van der Waals surface area contributed by atoms with Gasteiger partial charge in [-0.2, -0.15) is 0 Å². The van der Waals surface area contributed by atoms with Crippen LogP contribution in [0.2, 0.25) is 0 Å². The first kappa shape index (κ1) is 18.8. The average molecular weight is 332 g/mol. The smallest absolute Gasteiger partial charge is 0.187 e. The Bertz CT molecular complexity index is 436. The zero-order chi connectivity index (χ0) is 17.4. The van der Waals surface area contributed by atoms with Crippen LogP contribution in [0.5, 0.6) is 0 Å². The highest BCUT2D eigenvalue weighted by molar-refractivity contribution is 5.17. The van der Waals surface area contributed by atoms with Crippen LogP contribution in [0.25, 0.3) is 0 Å². The number of hydrogen-bond acceptors (Lipinski definition) is 7. The lowest BCUT2D eigenvalue weighted by Crippen LogP contribution is -2.61. The van der Waals surface area contributed by atoms with Gasteiger partial charge in [-0.05, 0) is 25.7 Å². The van der Waals surface area contributed by atoms with Crippen LogP contribution in [0.3, 0.4) is 0 Å². The molecule has 0 spiro atoms. The van der Waals surface area contributed by atoms with Crippen molar-refractivity contribution in [3.05, 3.63) is 11.6 Å². The van der Waals surface area contributed by atoms with Crippen LogP contribution >= 0.6 is 0 Å². The predicted molar refractivity (Wildman–Crippen MR) is 81.4 cm³/mol. The van der Waals surface area contributed by atoms with Crippen molar-refractivity contribution in [2.24, 2.45) is 5.92 Å². The van der Waals surface area contributed by atoms with E-state index >= 15 is 0 Å². The minimum atomic E-state index is -1.49. The Morgan fingerprint density at radius 1 is 1.22 bits per heavy atom. The number of aliphatic hydroxyl groups excluding tert-OH is 5. The molecule has 2 unspecified atom stereocenters. The third-order valence-electron chi connectivity index (χ3n) is 4.88. The van der Waals surface area contributed by atoms with E-state index in [0.29, 0.717) is 12.3 Å². The van der Waals surface area contributed by atoms with Gasteiger partial charge in [-0.1, -0.05) is 25.5 Å². The van der Waals surface area contributed by atoms with Crippen LogP contribution in [0.15, 0.2) is 11.6 Å². The molecule has 0 saturated carbocycles. The van der Waals surface area contributed by atoms with Gasteiger partial charge in [0.05, 0.1) is 12.2 Å². The average Bonchev–Trinajstić information content (AvgIpc) is 2.50. The summed E-state index contributed by atoms with van der Waals surface area (Å²) in [6.45, 7) is 5.31. The molecular weight excluding hydrogens is 304 g/mol. The third-order valence-corrected chi connectivity index (χ3v) is 4.88. The second-order valence-electron chi connectivity index (χ2n) is 6.97. The van der Waals surface area contributed by atoms with Crippen molar-refractivity contribution in [2.45, 2.75) is 76.0 Å². The summed E-state index contributed by atoms with van der Waals surface area (Å²) in [7, 11) is 0. The Balaban J connectivity index is 2.11. The van der Waals surface area contributed by atoms with Crippen LogP contribution in [0, 0.1) is 5.92 Å². The predicted octanol–water partition coefficient (Wildman–Crippen LogP) is -0.701. The van der Waals surface area contributed by atoms with Gasteiger partial charge in [-0.25, -0.2) is 0 Å². The molecule has 7 heteroatoms. The lowest BCUT2D eigenvalue weighted by atomic mass is 9.81. The molecule has 0 radical (unpaired) electrons. The first-order valence-electron chi connectivity index (χ1n) is 8.06. The molecule has 0 bridgehead atoms. The lowest BCUT2D eigenvalue weighted by Gasteiger charge is -2.45. The first-order valence-corrected chi connectivity index (χ1v) is 8.06. The highest BCUT2D eigenvalue weighted by atomic mass is 16.7. The van der Waals surface area contributed by atoms with E-state index in [1.54, 1.807) is 13.0 Å². The normalized spacial score (nSPS) is 45.2. The molecule has 23 heavy (non-hydrogen) atoms. The van der Waals surface area contributed by atoms with Gasteiger partial charge in [0.2, 0.25) is 0 Å². The molecule has 1 aliphatic heterocycles. The maximum Gasteiger partial charge on any atom is 0.187 e. The summed E-state index contributed by atoms with van der Waals surface area (Å²) in [6.07, 6.45) is -4.46. The Labute approximate surface area is 136 Å². The second kappa shape index (κ2) is 7.14. The van der Waals surface area contributed by atoms with Gasteiger partial charge in [0.1, 0.15) is 30.5 Å². The Morgan fingerprint density at radius 2 is 1.87 bits per heavy atom. The Hall–Kier alpha value is -0.540. The number of aliphatic hydroxyl groups is 5. The van der Waals surface area contributed by atoms with E-state index in [9.17, 15) is 25.5 Å². The minimum absolute atomic E-state index is 0.335. The highest BCUT2D eigenvalue weighted by Crippen LogP contribution is 2.36. The SMILES string of the molecule is CC(C)C1=C[C@H](O)[C@@](C)(O[C@@H]2OC(CO)[C@@H](O)[C@H](O)C2O)CC1. The highest BCUT2D eigenvalue weighted by Gasteiger charge is 2.48. The Morgan fingerprint density at radius 3 is 2.39 bits per heavy atom. The Kier molecular flexibility index (Phi) is 5.84. The van der Waals surface area contributed by atoms with Crippen LogP contribution in [-0.4, -0.2) is 74.6 Å². The number of hydrogen-bond donors (Lipinski definition) is 5. The molecule has 7 nitrogen and oxygen atoms in total. The number of ether oxygens (including phenoxy) is 2. The summed E-state index contributed by atoms with van der Waals surface area (Å²) < 4.78 is 11.1. The van der Waals surface area contributed by atoms with Crippen molar-refractivity contribution in [1.82, 2.24) is 0 Å². The number of rotatable bonds is 4. The molecule has 0 aromatic carbocycles. The topological polar surface area (TPSA) is 120 Å². The van der Waals surface area contributed by atoms with Crippen molar-refractivity contribution in [3.63, 3.8) is 0 Å². The molecule has 5 N–H and O–H groups in total. The number of allylic oxidation sites excluding steroid dienone is 1. The maximum absolute atomic E-state index is 10.4. The van der Waals surface area contributed by atoms with E-state index in [0.717, 1.165) is 12.0 Å². The fourth-order valence-corrected chi connectivity index (χ4v) is 3.04. The van der Waals surface area contributed by atoms with Crippen LogP contribution in [0.4, 0.5) is 0 Å². The molecule has 1 saturated heterocycles. The van der Waals surface area contributed by atoms with Crippen molar-refractivity contribution in [2.75, 3.05) is 6.61 Å². The zero-order valence-corrected chi connectivity index (χ0v) is 13.8. The second-order valence-corrected chi connectivity index (χ2v) is 6.97. The van der Waals surface area contributed by atoms with E-state index in [1.165, 1.54) is 0 Å². The third kappa shape index (κ3) is 3.76. The van der Waals surface area contributed by atoms with E-state index in [-0.39, 0.29) is 0 Å². The van der Waals surface area contributed by atoms with Crippen LogP contribution in [0.1, 0.15) is 33.6 Å². The van der Waals surface area contributed by atoms with Crippen molar-refractivity contribution >= 4 is 0 Å². The van der Waals surface area contributed by atoms with Crippen molar-refractivity contribution < 1.29 is 35.0 Å². The van der Waals surface area contributed by atoms with Crippen molar-refractivity contribution in [1.29, 1.82) is 0 Å². The first-order chi connectivity index (χ1) is 10.7. The summed E-state index contributed by atoms with van der Waals surface area (Å²) in [5.74, 6) is 0.335. The van der Waals surface area contributed by atoms with Crippen LogP contribution in [-0.2, 0) is 9.47 Å². The molecule has 1 aliphatic carbocycles. The lowest BCUT2D eigenvalue weighted by molar-refractivity contribution is -0.333. The molecule has 1 fully saturated rings. The van der Waals surface area contributed by atoms with Gasteiger partial charge in [0, 0.05) is 0 Å². The van der Waals surface area contributed by atoms with Gasteiger partial charge in [-0.3, -0.25) is 0 Å². The molecular formula is C16H28O7. The van der Waals surface area contributed by atoms with E-state index in [2.05, 4.69) is 13.8 Å². The molecule has 0 aromatic rings.